The second kappa shape index (κ2) is 5.64. The van der Waals surface area contributed by atoms with Crippen LogP contribution in [0.4, 0.5) is 13.2 Å². The zero-order valence-corrected chi connectivity index (χ0v) is 12.3. The van der Waals surface area contributed by atoms with E-state index in [0.29, 0.717) is 18.9 Å². The van der Waals surface area contributed by atoms with Crippen LogP contribution in [-0.4, -0.2) is 12.2 Å². The van der Waals surface area contributed by atoms with Gasteiger partial charge in [-0.3, -0.25) is 0 Å². The average Bonchev–Trinajstić information content (AvgIpc) is 2.81. The Hall–Kier alpha value is -1.03. The van der Waals surface area contributed by atoms with Crippen molar-refractivity contribution in [3.05, 3.63) is 34.9 Å². The molecule has 116 valence electrons. The average molecular weight is 297 g/mol. The van der Waals surface area contributed by atoms with E-state index < -0.39 is 12.1 Å². The zero-order chi connectivity index (χ0) is 15.0. The van der Waals surface area contributed by atoms with Gasteiger partial charge in [0.15, 0.2) is 0 Å². The van der Waals surface area contributed by atoms with Gasteiger partial charge in [0.25, 0.3) is 0 Å². The second-order valence-corrected chi connectivity index (χ2v) is 6.55. The quantitative estimate of drug-likeness (QED) is 0.835. The van der Waals surface area contributed by atoms with Gasteiger partial charge in [0.2, 0.25) is 0 Å². The molecule has 1 N–H and O–H groups in total. The molecule has 21 heavy (non-hydrogen) atoms. The Labute approximate surface area is 123 Å². The lowest BCUT2D eigenvalue weighted by atomic mass is 9.85. The lowest BCUT2D eigenvalue weighted by Gasteiger charge is -2.32. The fraction of sp³-hybridized carbons (Fsp3) is 0.647. The molecule has 0 bridgehead atoms. The van der Waals surface area contributed by atoms with Gasteiger partial charge in [-0.2, -0.15) is 13.2 Å². The molecule has 0 heterocycles. The molecular formula is C17H22F3N. The molecular weight excluding hydrogens is 275 g/mol. The van der Waals surface area contributed by atoms with Crippen LogP contribution in [0.5, 0.6) is 0 Å². The summed E-state index contributed by atoms with van der Waals surface area (Å²) >= 11 is 0. The number of hydrogen-bond acceptors (Lipinski definition) is 1. The predicted octanol–water partition coefficient (Wildman–Crippen LogP) is 4.69. The van der Waals surface area contributed by atoms with Crippen LogP contribution in [0.3, 0.4) is 0 Å². The van der Waals surface area contributed by atoms with E-state index in [-0.39, 0.29) is 18.9 Å². The van der Waals surface area contributed by atoms with Crippen LogP contribution in [0.2, 0.25) is 0 Å². The molecule has 2 aliphatic rings. The van der Waals surface area contributed by atoms with E-state index in [9.17, 15) is 13.2 Å². The second-order valence-electron chi connectivity index (χ2n) is 6.55. The first-order valence-electron chi connectivity index (χ1n) is 7.85. The number of halogens is 3. The van der Waals surface area contributed by atoms with Crippen LogP contribution in [-0.2, 0) is 6.42 Å². The van der Waals surface area contributed by atoms with Crippen molar-refractivity contribution >= 4 is 0 Å². The highest BCUT2D eigenvalue weighted by Gasteiger charge is 2.41. The minimum Gasteiger partial charge on any atom is -0.307 e. The van der Waals surface area contributed by atoms with E-state index in [1.807, 2.05) is 0 Å². The van der Waals surface area contributed by atoms with E-state index in [1.165, 1.54) is 16.7 Å². The molecule has 1 aromatic rings. The van der Waals surface area contributed by atoms with Gasteiger partial charge < -0.3 is 5.32 Å². The van der Waals surface area contributed by atoms with Crippen molar-refractivity contribution in [2.75, 3.05) is 0 Å². The standard InChI is InChI=1S/C17H22F3N/c1-11-2-3-12-4-9-16(15(12)10-11)21-14-7-5-13(6-8-14)17(18,19)20/h2-3,10,13-14,16,21H,4-9H2,1H3. The molecule has 0 saturated heterocycles. The maximum absolute atomic E-state index is 12.7. The zero-order valence-electron chi connectivity index (χ0n) is 12.3. The maximum Gasteiger partial charge on any atom is 0.391 e. The summed E-state index contributed by atoms with van der Waals surface area (Å²) < 4.78 is 38.1. The Morgan fingerprint density at radius 2 is 1.76 bits per heavy atom. The molecule has 1 atom stereocenters. The number of aryl methyl sites for hydroxylation is 2. The smallest absolute Gasteiger partial charge is 0.307 e. The van der Waals surface area contributed by atoms with E-state index in [1.54, 1.807) is 0 Å². The maximum atomic E-state index is 12.7. The number of benzene rings is 1. The number of nitrogens with one attached hydrogen (secondary N) is 1. The molecule has 0 aliphatic heterocycles. The van der Waals surface area contributed by atoms with Crippen molar-refractivity contribution in [1.82, 2.24) is 5.32 Å². The third-order valence-corrected chi connectivity index (χ3v) is 5.01. The first-order valence-corrected chi connectivity index (χ1v) is 7.85. The summed E-state index contributed by atoms with van der Waals surface area (Å²) in [6.45, 7) is 2.09. The van der Waals surface area contributed by atoms with Crippen molar-refractivity contribution < 1.29 is 13.2 Å². The lowest BCUT2D eigenvalue weighted by molar-refractivity contribution is -0.182. The van der Waals surface area contributed by atoms with Gasteiger partial charge in [0, 0.05) is 12.1 Å². The summed E-state index contributed by atoms with van der Waals surface area (Å²) in [5.74, 6) is -1.09. The molecule has 1 saturated carbocycles. The van der Waals surface area contributed by atoms with Crippen molar-refractivity contribution in [3.63, 3.8) is 0 Å². The van der Waals surface area contributed by atoms with Crippen LogP contribution in [0.15, 0.2) is 18.2 Å². The summed E-state index contributed by atoms with van der Waals surface area (Å²) in [6, 6.07) is 7.11. The normalized spacial score (nSPS) is 29.4. The fourth-order valence-electron chi connectivity index (χ4n) is 3.77. The van der Waals surface area contributed by atoms with Gasteiger partial charge >= 0.3 is 6.18 Å². The third-order valence-electron chi connectivity index (χ3n) is 5.01. The monoisotopic (exact) mass is 297 g/mol. The highest BCUT2D eigenvalue weighted by atomic mass is 19.4. The van der Waals surface area contributed by atoms with E-state index in [4.69, 9.17) is 0 Å². The summed E-state index contributed by atoms with van der Waals surface area (Å²) in [5, 5.41) is 3.61. The van der Waals surface area contributed by atoms with Gasteiger partial charge in [-0.15, -0.1) is 0 Å². The molecule has 1 fully saturated rings. The first-order chi connectivity index (χ1) is 9.93. The molecule has 1 aromatic carbocycles. The minimum atomic E-state index is -4.01. The lowest BCUT2D eigenvalue weighted by Crippen LogP contribution is -2.38. The van der Waals surface area contributed by atoms with E-state index in [0.717, 1.165) is 12.8 Å². The Balaban J connectivity index is 1.59. The van der Waals surface area contributed by atoms with Gasteiger partial charge in [-0.25, -0.2) is 0 Å². The molecule has 2 aliphatic carbocycles. The van der Waals surface area contributed by atoms with Crippen LogP contribution in [0.1, 0.15) is 54.8 Å². The SMILES string of the molecule is Cc1ccc2c(c1)C(NC1CCC(C(F)(F)F)CC1)CC2. The topological polar surface area (TPSA) is 12.0 Å². The van der Waals surface area contributed by atoms with Crippen LogP contribution in [0.25, 0.3) is 0 Å². The molecule has 3 rings (SSSR count). The minimum absolute atomic E-state index is 0.236. The van der Waals surface area contributed by atoms with Gasteiger partial charge in [-0.05, 0) is 56.6 Å². The Bertz CT molecular complexity index is 501. The van der Waals surface area contributed by atoms with Crippen LogP contribution < -0.4 is 5.32 Å². The molecule has 0 spiro atoms. The van der Waals surface area contributed by atoms with Crippen molar-refractivity contribution in [1.29, 1.82) is 0 Å². The summed E-state index contributed by atoms with van der Waals surface area (Å²) in [7, 11) is 0. The first kappa shape index (κ1) is 14.9. The fourth-order valence-corrected chi connectivity index (χ4v) is 3.77. The van der Waals surface area contributed by atoms with E-state index in [2.05, 4.69) is 30.4 Å². The Kier molecular flexibility index (Phi) is 4.00. The van der Waals surface area contributed by atoms with Crippen LogP contribution >= 0.6 is 0 Å². The van der Waals surface area contributed by atoms with Crippen molar-refractivity contribution in [2.45, 2.75) is 63.7 Å². The summed E-state index contributed by atoms with van der Waals surface area (Å²) in [6.07, 6.45) is -0.0437. The van der Waals surface area contributed by atoms with Gasteiger partial charge in [-0.1, -0.05) is 23.8 Å². The Morgan fingerprint density at radius 3 is 2.43 bits per heavy atom. The molecule has 4 heteroatoms. The molecule has 0 radical (unpaired) electrons. The highest BCUT2D eigenvalue weighted by molar-refractivity contribution is 5.37. The van der Waals surface area contributed by atoms with Gasteiger partial charge in [0.1, 0.15) is 0 Å². The largest absolute Gasteiger partial charge is 0.391 e. The molecule has 0 aromatic heterocycles. The van der Waals surface area contributed by atoms with Crippen LogP contribution in [0, 0.1) is 12.8 Å². The van der Waals surface area contributed by atoms with Gasteiger partial charge in [0.05, 0.1) is 5.92 Å². The molecule has 1 nitrogen and oxygen atoms in total. The highest BCUT2D eigenvalue weighted by Crippen LogP contribution is 2.39. The Morgan fingerprint density at radius 1 is 1.05 bits per heavy atom. The molecule has 0 amide bonds. The van der Waals surface area contributed by atoms with Crippen molar-refractivity contribution in [3.8, 4) is 0 Å². The number of fused-ring (bicyclic) bond motifs is 1. The van der Waals surface area contributed by atoms with Crippen molar-refractivity contribution in [2.24, 2.45) is 5.92 Å². The third kappa shape index (κ3) is 3.25. The predicted molar refractivity (Wildman–Crippen MR) is 77.2 cm³/mol. The number of hydrogen-bond donors (Lipinski definition) is 1. The number of alkyl halides is 3. The molecule has 1 unspecified atom stereocenters. The van der Waals surface area contributed by atoms with E-state index >= 15 is 0 Å². The summed E-state index contributed by atoms with van der Waals surface area (Å²) in [4.78, 5) is 0. The number of rotatable bonds is 2. The summed E-state index contributed by atoms with van der Waals surface area (Å²) in [5.41, 5.74) is 4.00.